The molecule has 0 spiro atoms. The molecule has 0 aliphatic carbocycles. The molecule has 1 aromatic carbocycles. The Morgan fingerprint density at radius 2 is 2.00 bits per heavy atom. The number of amides is 1. The number of hydrogen-bond acceptors (Lipinski definition) is 5. The maximum Gasteiger partial charge on any atom is 0.257 e. The molecule has 0 saturated carbocycles. The van der Waals surface area contributed by atoms with E-state index in [0.717, 1.165) is 5.56 Å². The Kier molecular flexibility index (Phi) is 3.42. The summed E-state index contributed by atoms with van der Waals surface area (Å²) < 4.78 is 5.08. The van der Waals surface area contributed by atoms with Gasteiger partial charge in [0.05, 0.1) is 5.56 Å². The fourth-order valence-electron chi connectivity index (χ4n) is 1.81. The van der Waals surface area contributed by atoms with Crippen molar-refractivity contribution >= 4 is 11.6 Å². The van der Waals surface area contributed by atoms with Crippen LogP contribution in [0.4, 0.5) is 5.69 Å². The second kappa shape index (κ2) is 5.54. The quantitative estimate of drug-likeness (QED) is 0.797. The van der Waals surface area contributed by atoms with Crippen molar-refractivity contribution in [1.82, 2.24) is 15.1 Å². The molecule has 0 atom stereocenters. The van der Waals surface area contributed by atoms with Crippen molar-refractivity contribution in [2.75, 3.05) is 5.32 Å². The molecular weight excluding hydrogens is 268 g/mol. The molecule has 0 radical (unpaired) electrons. The second-order valence-corrected chi connectivity index (χ2v) is 4.42. The van der Waals surface area contributed by atoms with Crippen LogP contribution in [0.25, 0.3) is 11.5 Å². The molecule has 0 bridgehead atoms. The molecule has 21 heavy (non-hydrogen) atoms. The van der Waals surface area contributed by atoms with Gasteiger partial charge in [0.25, 0.3) is 11.8 Å². The van der Waals surface area contributed by atoms with Crippen molar-refractivity contribution in [1.29, 1.82) is 0 Å². The highest BCUT2D eigenvalue weighted by atomic mass is 16.5. The lowest BCUT2D eigenvalue weighted by atomic mass is 10.2. The number of carbonyl (C=O) groups excluding carboxylic acids is 1. The number of nitrogens with one attached hydrogen (secondary N) is 1. The van der Waals surface area contributed by atoms with Gasteiger partial charge in [-0.3, -0.25) is 9.78 Å². The minimum Gasteiger partial charge on any atom is -0.334 e. The second-order valence-electron chi connectivity index (χ2n) is 4.42. The number of aryl methyl sites for hydroxylation is 1. The first-order valence-electron chi connectivity index (χ1n) is 6.34. The first-order valence-corrected chi connectivity index (χ1v) is 6.34. The molecule has 3 aromatic rings. The van der Waals surface area contributed by atoms with Crippen molar-refractivity contribution in [2.45, 2.75) is 6.92 Å². The Balaban J connectivity index is 1.74. The predicted octanol–water partition coefficient (Wildman–Crippen LogP) is 2.69. The zero-order valence-corrected chi connectivity index (χ0v) is 11.3. The first kappa shape index (κ1) is 13.0. The van der Waals surface area contributed by atoms with Gasteiger partial charge in [-0.25, -0.2) is 0 Å². The highest BCUT2D eigenvalue weighted by Crippen LogP contribution is 2.19. The van der Waals surface area contributed by atoms with Crippen LogP contribution in [0.1, 0.15) is 16.2 Å². The lowest BCUT2D eigenvalue weighted by molar-refractivity contribution is 0.102. The third kappa shape index (κ3) is 2.94. The summed E-state index contributed by atoms with van der Waals surface area (Å²) in [6.07, 6.45) is 3.14. The summed E-state index contributed by atoms with van der Waals surface area (Å²) in [7, 11) is 0. The number of nitrogens with zero attached hydrogens (tertiary/aromatic N) is 3. The van der Waals surface area contributed by atoms with Crippen molar-refractivity contribution in [3.63, 3.8) is 0 Å². The molecule has 2 heterocycles. The molecule has 104 valence electrons. The van der Waals surface area contributed by atoms with E-state index in [9.17, 15) is 4.79 Å². The minimum absolute atomic E-state index is 0.204. The topological polar surface area (TPSA) is 80.9 Å². The Hall–Kier alpha value is -3.02. The molecule has 6 nitrogen and oxygen atoms in total. The summed E-state index contributed by atoms with van der Waals surface area (Å²) in [6.45, 7) is 1.76. The van der Waals surface area contributed by atoms with Crippen LogP contribution in [0.5, 0.6) is 0 Å². The fourth-order valence-corrected chi connectivity index (χ4v) is 1.81. The maximum absolute atomic E-state index is 12.0. The lowest BCUT2D eigenvalue weighted by Crippen LogP contribution is -2.11. The molecule has 1 amide bonds. The molecule has 2 aromatic heterocycles. The molecule has 0 aliphatic rings. The van der Waals surface area contributed by atoms with Crippen LogP contribution in [-0.4, -0.2) is 21.0 Å². The van der Waals surface area contributed by atoms with E-state index < -0.39 is 0 Å². The van der Waals surface area contributed by atoms with Gasteiger partial charge in [-0.2, -0.15) is 4.98 Å². The molecule has 0 unspecified atom stereocenters. The molecular formula is C15H12N4O2. The van der Waals surface area contributed by atoms with Crippen LogP contribution in [0, 0.1) is 6.92 Å². The average molecular weight is 280 g/mol. The Bertz CT molecular complexity index is 751. The van der Waals surface area contributed by atoms with E-state index in [2.05, 4.69) is 20.4 Å². The summed E-state index contributed by atoms with van der Waals surface area (Å²) in [4.78, 5) is 20.0. The number of rotatable bonds is 3. The zero-order chi connectivity index (χ0) is 14.7. The molecule has 3 rings (SSSR count). The molecule has 1 N–H and O–H groups in total. The van der Waals surface area contributed by atoms with Crippen molar-refractivity contribution < 1.29 is 9.32 Å². The van der Waals surface area contributed by atoms with E-state index in [0.29, 0.717) is 23.0 Å². The number of aromatic nitrogens is 3. The summed E-state index contributed by atoms with van der Waals surface area (Å²) >= 11 is 0. The van der Waals surface area contributed by atoms with E-state index in [1.807, 2.05) is 12.1 Å². The van der Waals surface area contributed by atoms with Crippen LogP contribution >= 0.6 is 0 Å². The number of pyridine rings is 1. The van der Waals surface area contributed by atoms with E-state index in [1.165, 1.54) is 6.20 Å². The SMILES string of the molecule is Cc1noc(-c2ccc(NC(=O)c3cccnc3)cc2)n1. The van der Waals surface area contributed by atoms with Crippen molar-refractivity contribution in [2.24, 2.45) is 0 Å². The van der Waals surface area contributed by atoms with Crippen molar-refractivity contribution in [3.8, 4) is 11.5 Å². The van der Waals surface area contributed by atoms with Crippen molar-refractivity contribution in [3.05, 3.63) is 60.2 Å². The first-order chi connectivity index (χ1) is 10.2. The summed E-state index contributed by atoms with van der Waals surface area (Å²) in [5, 5.41) is 6.54. The molecule has 0 fully saturated rings. The normalized spacial score (nSPS) is 10.3. The Labute approximate surface area is 120 Å². The Morgan fingerprint density at radius 1 is 1.19 bits per heavy atom. The standard InChI is InChI=1S/C15H12N4O2/c1-10-17-15(21-19-10)11-4-6-13(7-5-11)18-14(20)12-3-2-8-16-9-12/h2-9H,1H3,(H,18,20). The summed E-state index contributed by atoms with van der Waals surface area (Å²) in [5.41, 5.74) is 1.99. The number of carbonyl (C=O) groups is 1. The van der Waals surface area contributed by atoms with Gasteiger partial charge >= 0.3 is 0 Å². The number of hydrogen-bond donors (Lipinski definition) is 1. The van der Waals surface area contributed by atoms with Gasteiger partial charge in [0.1, 0.15) is 0 Å². The fraction of sp³-hybridized carbons (Fsp3) is 0.0667. The molecule has 6 heteroatoms. The van der Waals surface area contributed by atoms with Gasteiger partial charge in [-0.1, -0.05) is 5.16 Å². The third-order valence-electron chi connectivity index (χ3n) is 2.84. The van der Waals surface area contributed by atoms with Crippen LogP contribution in [0.2, 0.25) is 0 Å². The van der Waals surface area contributed by atoms with Gasteiger partial charge < -0.3 is 9.84 Å². The van der Waals surface area contributed by atoms with E-state index >= 15 is 0 Å². The lowest BCUT2D eigenvalue weighted by Gasteiger charge is -2.05. The van der Waals surface area contributed by atoms with Crippen LogP contribution < -0.4 is 5.32 Å². The summed E-state index contributed by atoms with van der Waals surface area (Å²) in [5.74, 6) is 0.834. The van der Waals surface area contributed by atoms with Gasteiger partial charge in [0.2, 0.25) is 0 Å². The summed E-state index contributed by atoms with van der Waals surface area (Å²) in [6, 6.07) is 10.6. The van der Waals surface area contributed by atoms with E-state index in [-0.39, 0.29) is 5.91 Å². The maximum atomic E-state index is 12.0. The van der Waals surface area contributed by atoms with Gasteiger partial charge in [0.15, 0.2) is 5.82 Å². The Morgan fingerprint density at radius 3 is 2.62 bits per heavy atom. The zero-order valence-electron chi connectivity index (χ0n) is 11.3. The molecule has 0 saturated heterocycles. The van der Waals surface area contributed by atoms with E-state index in [4.69, 9.17) is 4.52 Å². The predicted molar refractivity (Wildman–Crippen MR) is 76.7 cm³/mol. The van der Waals surface area contributed by atoms with Gasteiger partial charge in [-0.05, 0) is 43.3 Å². The van der Waals surface area contributed by atoms with Crippen LogP contribution in [0.3, 0.4) is 0 Å². The highest BCUT2D eigenvalue weighted by molar-refractivity contribution is 6.04. The van der Waals surface area contributed by atoms with Gasteiger partial charge in [0, 0.05) is 23.6 Å². The minimum atomic E-state index is -0.204. The monoisotopic (exact) mass is 280 g/mol. The largest absolute Gasteiger partial charge is 0.334 e. The van der Waals surface area contributed by atoms with E-state index in [1.54, 1.807) is 37.4 Å². The number of benzene rings is 1. The smallest absolute Gasteiger partial charge is 0.257 e. The van der Waals surface area contributed by atoms with Gasteiger partial charge in [-0.15, -0.1) is 0 Å². The molecule has 0 aliphatic heterocycles. The average Bonchev–Trinajstić information content (AvgIpc) is 2.95. The van der Waals surface area contributed by atoms with Crippen LogP contribution in [-0.2, 0) is 0 Å². The number of anilines is 1. The van der Waals surface area contributed by atoms with Crippen LogP contribution in [0.15, 0.2) is 53.3 Å². The third-order valence-corrected chi connectivity index (χ3v) is 2.84. The highest BCUT2D eigenvalue weighted by Gasteiger charge is 2.08.